The second-order valence-corrected chi connectivity index (χ2v) is 4.03. The molecule has 0 radical (unpaired) electrons. The van der Waals surface area contributed by atoms with Crippen molar-refractivity contribution >= 4 is 11.6 Å². The zero-order valence-corrected chi connectivity index (χ0v) is 10.5. The number of non-ortho nitro benzene ring substituents is 1. The highest BCUT2D eigenvalue weighted by Gasteiger charge is 2.11. The molecule has 0 spiro atoms. The molecular weight excluding hydrogens is 248 g/mol. The SMILES string of the molecule is Cc1cc([N+](=O)[O-])ccc1Oc1nc(N)ncc1C. The van der Waals surface area contributed by atoms with Crippen LogP contribution in [0.1, 0.15) is 11.1 Å². The summed E-state index contributed by atoms with van der Waals surface area (Å²) in [6, 6.07) is 4.35. The van der Waals surface area contributed by atoms with E-state index in [2.05, 4.69) is 9.97 Å². The van der Waals surface area contributed by atoms with Gasteiger partial charge in [-0.3, -0.25) is 10.1 Å². The van der Waals surface area contributed by atoms with E-state index in [1.165, 1.54) is 18.2 Å². The number of nitro groups is 1. The first kappa shape index (κ1) is 12.7. The molecule has 0 atom stereocenters. The number of hydrogen-bond donors (Lipinski definition) is 1. The molecule has 0 saturated carbocycles. The van der Waals surface area contributed by atoms with Gasteiger partial charge >= 0.3 is 0 Å². The van der Waals surface area contributed by atoms with Gasteiger partial charge in [-0.2, -0.15) is 4.98 Å². The summed E-state index contributed by atoms with van der Waals surface area (Å²) in [5.74, 6) is 0.941. The Hall–Kier alpha value is -2.70. The van der Waals surface area contributed by atoms with Crippen LogP contribution in [0.4, 0.5) is 11.6 Å². The van der Waals surface area contributed by atoms with Gasteiger partial charge in [-0.25, -0.2) is 4.98 Å². The minimum Gasteiger partial charge on any atom is -0.438 e. The molecule has 0 unspecified atom stereocenters. The van der Waals surface area contributed by atoms with Gasteiger partial charge in [0.15, 0.2) is 0 Å². The van der Waals surface area contributed by atoms with Crippen molar-refractivity contribution in [3.8, 4) is 11.6 Å². The van der Waals surface area contributed by atoms with Gasteiger partial charge in [0.2, 0.25) is 11.8 Å². The van der Waals surface area contributed by atoms with Gasteiger partial charge in [0.05, 0.1) is 4.92 Å². The number of hydrogen-bond acceptors (Lipinski definition) is 6. The summed E-state index contributed by atoms with van der Waals surface area (Å²) in [6.45, 7) is 3.51. The van der Waals surface area contributed by atoms with Crippen molar-refractivity contribution in [2.24, 2.45) is 0 Å². The number of benzene rings is 1. The monoisotopic (exact) mass is 260 g/mol. The summed E-state index contributed by atoms with van der Waals surface area (Å²) in [5, 5.41) is 10.6. The first-order chi connectivity index (χ1) is 8.97. The van der Waals surface area contributed by atoms with Crippen LogP contribution in [0.15, 0.2) is 24.4 Å². The summed E-state index contributed by atoms with van der Waals surface area (Å²) >= 11 is 0. The third-order valence-electron chi connectivity index (χ3n) is 2.52. The molecule has 0 amide bonds. The van der Waals surface area contributed by atoms with E-state index in [0.29, 0.717) is 17.2 Å². The molecule has 2 rings (SSSR count). The molecule has 2 N–H and O–H groups in total. The number of nitrogen functional groups attached to an aromatic ring is 1. The smallest absolute Gasteiger partial charge is 0.269 e. The van der Waals surface area contributed by atoms with Gasteiger partial charge in [-0.1, -0.05) is 0 Å². The van der Waals surface area contributed by atoms with Crippen LogP contribution < -0.4 is 10.5 Å². The van der Waals surface area contributed by atoms with Crippen molar-refractivity contribution in [2.75, 3.05) is 5.73 Å². The van der Waals surface area contributed by atoms with Crippen molar-refractivity contribution in [3.05, 3.63) is 45.6 Å². The van der Waals surface area contributed by atoms with Crippen molar-refractivity contribution < 1.29 is 9.66 Å². The maximum atomic E-state index is 10.6. The third kappa shape index (κ3) is 2.76. The number of ether oxygens (including phenoxy) is 1. The van der Waals surface area contributed by atoms with Crippen molar-refractivity contribution in [2.45, 2.75) is 13.8 Å². The quantitative estimate of drug-likeness (QED) is 0.671. The van der Waals surface area contributed by atoms with E-state index >= 15 is 0 Å². The molecule has 7 heteroatoms. The minimum absolute atomic E-state index is 0.0174. The first-order valence-corrected chi connectivity index (χ1v) is 5.49. The molecule has 0 fully saturated rings. The molecule has 0 aliphatic rings. The second kappa shape index (κ2) is 4.89. The second-order valence-electron chi connectivity index (χ2n) is 4.03. The van der Waals surface area contributed by atoms with Gasteiger partial charge in [-0.15, -0.1) is 0 Å². The molecular formula is C12H12N4O3. The molecule has 98 valence electrons. The first-order valence-electron chi connectivity index (χ1n) is 5.49. The number of aromatic nitrogens is 2. The number of rotatable bonds is 3. The van der Waals surface area contributed by atoms with E-state index in [1.807, 2.05) is 0 Å². The zero-order valence-electron chi connectivity index (χ0n) is 10.5. The van der Waals surface area contributed by atoms with Crippen LogP contribution in [-0.4, -0.2) is 14.9 Å². The Balaban J connectivity index is 2.33. The topological polar surface area (TPSA) is 104 Å². The standard InChI is InChI=1S/C12H12N4O3/c1-7-5-9(16(17)18)3-4-10(7)19-11-8(2)6-14-12(13)15-11/h3-6H,1-2H3,(H2,13,14,15). The minimum atomic E-state index is -0.454. The number of aryl methyl sites for hydroxylation is 2. The highest BCUT2D eigenvalue weighted by atomic mass is 16.6. The molecule has 1 aromatic heterocycles. The van der Waals surface area contributed by atoms with Gasteiger partial charge in [-0.05, 0) is 25.5 Å². The Morgan fingerprint density at radius 3 is 2.68 bits per heavy atom. The fourth-order valence-corrected chi connectivity index (χ4v) is 1.51. The highest BCUT2D eigenvalue weighted by molar-refractivity contribution is 5.45. The van der Waals surface area contributed by atoms with Crippen LogP contribution in [0.3, 0.4) is 0 Å². The van der Waals surface area contributed by atoms with Crippen LogP contribution in [0.2, 0.25) is 0 Å². The average molecular weight is 260 g/mol. The number of anilines is 1. The lowest BCUT2D eigenvalue weighted by Gasteiger charge is -2.09. The molecule has 0 saturated heterocycles. The van der Waals surface area contributed by atoms with Crippen LogP contribution in [0.5, 0.6) is 11.6 Å². The Morgan fingerprint density at radius 1 is 1.32 bits per heavy atom. The summed E-state index contributed by atoms with van der Waals surface area (Å²) in [7, 11) is 0. The summed E-state index contributed by atoms with van der Waals surface area (Å²) in [5.41, 5.74) is 6.88. The Morgan fingerprint density at radius 2 is 2.05 bits per heavy atom. The fourth-order valence-electron chi connectivity index (χ4n) is 1.51. The fraction of sp³-hybridized carbons (Fsp3) is 0.167. The Labute approximate surface area is 109 Å². The molecule has 0 aliphatic carbocycles. The zero-order chi connectivity index (χ0) is 14.0. The number of nitrogens with zero attached hydrogens (tertiary/aromatic N) is 3. The largest absolute Gasteiger partial charge is 0.438 e. The summed E-state index contributed by atoms with van der Waals surface area (Å²) in [6.07, 6.45) is 1.55. The number of nitro benzene ring substituents is 1. The van der Waals surface area contributed by atoms with Crippen molar-refractivity contribution in [1.82, 2.24) is 9.97 Å². The van der Waals surface area contributed by atoms with Gasteiger partial charge in [0.1, 0.15) is 5.75 Å². The van der Waals surface area contributed by atoms with Gasteiger partial charge < -0.3 is 10.5 Å². The molecule has 2 aromatic rings. The van der Waals surface area contributed by atoms with Gasteiger partial charge in [0, 0.05) is 23.9 Å². The predicted molar refractivity (Wildman–Crippen MR) is 69.1 cm³/mol. The molecule has 0 aliphatic heterocycles. The molecule has 1 heterocycles. The van der Waals surface area contributed by atoms with Crippen molar-refractivity contribution in [1.29, 1.82) is 0 Å². The Bertz CT molecular complexity index is 643. The van der Waals surface area contributed by atoms with Crippen LogP contribution in [0, 0.1) is 24.0 Å². The molecule has 0 bridgehead atoms. The number of nitrogens with two attached hydrogens (primary N) is 1. The summed E-state index contributed by atoms with van der Waals surface area (Å²) in [4.78, 5) is 18.0. The summed E-state index contributed by atoms with van der Waals surface area (Å²) < 4.78 is 5.60. The lowest BCUT2D eigenvalue weighted by molar-refractivity contribution is -0.384. The maximum Gasteiger partial charge on any atom is 0.269 e. The van der Waals surface area contributed by atoms with Gasteiger partial charge in [0.25, 0.3) is 5.69 Å². The van der Waals surface area contributed by atoms with E-state index in [-0.39, 0.29) is 11.6 Å². The lowest BCUT2D eigenvalue weighted by atomic mass is 10.2. The average Bonchev–Trinajstić information content (AvgIpc) is 2.36. The molecule has 1 aromatic carbocycles. The highest BCUT2D eigenvalue weighted by Crippen LogP contribution is 2.28. The molecule has 7 nitrogen and oxygen atoms in total. The normalized spacial score (nSPS) is 10.2. The van der Waals surface area contributed by atoms with E-state index in [1.54, 1.807) is 20.0 Å². The van der Waals surface area contributed by atoms with Crippen molar-refractivity contribution in [3.63, 3.8) is 0 Å². The van der Waals surface area contributed by atoms with E-state index in [0.717, 1.165) is 5.56 Å². The molecule has 19 heavy (non-hydrogen) atoms. The maximum absolute atomic E-state index is 10.6. The Kier molecular flexibility index (Phi) is 3.28. The van der Waals surface area contributed by atoms with E-state index in [4.69, 9.17) is 10.5 Å². The van der Waals surface area contributed by atoms with Crippen LogP contribution >= 0.6 is 0 Å². The van der Waals surface area contributed by atoms with E-state index in [9.17, 15) is 10.1 Å². The third-order valence-corrected chi connectivity index (χ3v) is 2.52. The predicted octanol–water partition coefficient (Wildman–Crippen LogP) is 2.38. The van der Waals surface area contributed by atoms with Crippen LogP contribution in [-0.2, 0) is 0 Å². The lowest BCUT2D eigenvalue weighted by Crippen LogP contribution is -1.99. The van der Waals surface area contributed by atoms with E-state index < -0.39 is 4.92 Å². The van der Waals surface area contributed by atoms with Crippen LogP contribution in [0.25, 0.3) is 0 Å².